The number of rotatable bonds is 3. The first-order valence-electron chi connectivity index (χ1n) is 6.51. The Kier molecular flexibility index (Phi) is 3.67. The fraction of sp³-hybridized carbons (Fsp3) is 0.286. The first-order chi connectivity index (χ1) is 9.42. The molecule has 0 saturated carbocycles. The Morgan fingerprint density at radius 3 is 2.74 bits per heavy atom. The van der Waals surface area contributed by atoms with Gasteiger partial charge in [-0.25, -0.2) is 9.99 Å². The molecule has 0 aromatic carbocycles. The van der Waals surface area contributed by atoms with Gasteiger partial charge in [-0.1, -0.05) is 6.07 Å². The van der Waals surface area contributed by atoms with Crippen molar-refractivity contribution in [3.63, 3.8) is 0 Å². The molecular weight excluding hydrogens is 238 g/mol. The molecule has 1 fully saturated rings. The lowest BCUT2D eigenvalue weighted by Crippen LogP contribution is -2.46. The van der Waals surface area contributed by atoms with E-state index in [1.54, 1.807) is 6.20 Å². The Labute approximate surface area is 112 Å². The van der Waals surface area contributed by atoms with Crippen LogP contribution in [0.3, 0.4) is 0 Å². The summed E-state index contributed by atoms with van der Waals surface area (Å²) in [5.41, 5.74) is 5.39. The average Bonchev–Trinajstić information content (AvgIpc) is 2.49. The molecule has 2 aromatic rings. The van der Waals surface area contributed by atoms with Crippen molar-refractivity contribution in [2.45, 2.75) is 0 Å². The van der Waals surface area contributed by atoms with Gasteiger partial charge in [0.05, 0.1) is 5.69 Å². The fourth-order valence-corrected chi connectivity index (χ4v) is 2.12. The molecule has 1 aliphatic heterocycles. The lowest BCUT2D eigenvalue weighted by molar-refractivity contribution is 0.286. The molecule has 1 saturated heterocycles. The predicted molar refractivity (Wildman–Crippen MR) is 75.5 cm³/mol. The zero-order valence-electron chi connectivity index (χ0n) is 10.7. The minimum absolute atomic E-state index is 0.866. The predicted octanol–water partition coefficient (Wildman–Crippen LogP) is 1.38. The maximum Gasteiger partial charge on any atom is 0.140 e. The summed E-state index contributed by atoms with van der Waals surface area (Å²) >= 11 is 0. The Bertz CT molecular complexity index is 522. The van der Waals surface area contributed by atoms with Gasteiger partial charge in [0.1, 0.15) is 5.82 Å². The molecule has 0 atom stereocenters. The van der Waals surface area contributed by atoms with E-state index in [0.29, 0.717) is 0 Å². The van der Waals surface area contributed by atoms with E-state index in [-0.39, 0.29) is 0 Å². The summed E-state index contributed by atoms with van der Waals surface area (Å²) in [7, 11) is 0. The molecule has 19 heavy (non-hydrogen) atoms. The molecular formula is C14H17N5. The van der Waals surface area contributed by atoms with E-state index >= 15 is 0 Å². The number of hydrogen-bond acceptors (Lipinski definition) is 5. The van der Waals surface area contributed by atoms with Crippen molar-refractivity contribution in [3.05, 3.63) is 42.7 Å². The summed E-state index contributed by atoms with van der Waals surface area (Å²) in [5, 5.41) is 5.51. The second-order valence-corrected chi connectivity index (χ2v) is 4.49. The van der Waals surface area contributed by atoms with Crippen LogP contribution in [-0.4, -0.2) is 41.2 Å². The molecule has 0 radical (unpaired) electrons. The normalized spacial score (nSPS) is 16.2. The van der Waals surface area contributed by atoms with E-state index in [9.17, 15) is 0 Å². The molecule has 3 rings (SSSR count). The molecule has 1 aliphatic rings. The Balaban J connectivity index is 1.76. The Hall–Kier alpha value is -1.98. The molecule has 0 unspecified atom stereocenters. The van der Waals surface area contributed by atoms with E-state index in [0.717, 1.165) is 43.3 Å². The third-order valence-electron chi connectivity index (χ3n) is 3.11. The molecule has 2 aromatic heterocycles. The number of hydrazine groups is 1. The van der Waals surface area contributed by atoms with Crippen LogP contribution in [0.25, 0.3) is 11.3 Å². The standard InChI is InChI=1S/C14H17N5/c1-2-5-16-13(3-1)12-4-6-17-14(11-12)18-19-9-7-15-8-10-19/h1-6,11,15H,7-10H2,(H,17,18). The highest BCUT2D eigenvalue weighted by atomic mass is 15.5. The number of nitrogens with zero attached hydrogens (tertiary/aromatic N) is 3. The van der Waals surface area contributed by atoms with Crippen LogP contribution in [0.1, 0.15) is 0 Å². The highest BCUT2D eigenvalue weighted by molar-refractivity contribution is 5.62. The van der Waals surface area contributed by atoms with Crippen LogP contribution in [0, 0.1) is 0 Å². The molecule has 5 heteroatoms. The van der Waals surface area contributed by atoms with E-state index in [1.165, 1.54) is 0 Å². The van der Waals surface area contributed by atoms with Crippen LogP contribution >= 0.6 is 0 Å². The molecule has 0 aliphatic carbocycles. The van der Waals surface area contributed by atoms with Crippen molar-refractivity contribution in [1.82, 2.24) is 20.3 Å². The van der Waals surface area contributed by atoms with Crippen molar-refractivity contribution in [1.29, 1.82) is 0 Å². The number of pyridine rings is 2. The number of piperazine rings is 1. The first kappa shape index (κ1) is 12.1. The maximum absolute atomic E-state index is 4.36. The summed E-state index contributed by atoms with van der Waals surface area (Å²) in [6, 6.07) is 9.93. The first-order valence-corrected chi connectivity index (χ1v) is 6.51. The van der Waals surface area contributed by atoms with Crippen molar-refractivity contribution >= 4 is 5.82 Å². The van der Waals surface area contributed by atoms with Gasteiger partial charge in [-0.2, -0.15) is 0 Å². The van der Waals surface area contributed by atoms with Crippen LogP contribution in [0.15, 0.2) is 42.7 Å². The summed E-state index contributed by atoms with van der Waals surface area (Å²) < 4.78 is 0. The van der Waals surface area contributed by atoms with Gasteiger partial charge in [-0.15, -0.1) is 0 Å². The van der Waals surface area contributed by atoms with Crippen molar-refractivity contribution < 1.29 is 0 Å². The highest BCUT2D eigenvalue weighted by Gasteiger charge is 2.10. The summed E-state index contributed by atoms with van der Waals surface area (Å²) in [6.45, 7) is 3.98. The SMILES string of the molecule is c1ccc(-c2ccnc(NN3CCNCC3)c2)nc1. The molecule has 2 N–H and O–H groups in total. The van der Waals surface area contributed by atoms with E-state index < -0.39 is 0 Å². The fourth-order valence-electron chi connectivity index (χ4n) is 2.12. The number of nitrogens with one attached hydrogen (secondary N) is 2. The summed E-state index contributed by atoms with van der Waals surface area (Å²) in [6.07, 6.45) is 3.62. The smallest absolute Gasteiger partial charge is 0.140 e. The van der Waals surface area contributed by atoms with Gasteiger partial charge in [0.15, 0.2) is 0 Å². The minimum Gasteiger partial charge on any atom is -0.314 e. The van der Waals surface area contributed by atoms with Crippen LogP contribution in [0.4, 0.5) is 5.82 Å². The van der Waals surface area contributed by atoms with Crippen LogP contribution in [0.2, 0.25) is 0 Å². The third kappa shape index (κ3) is 3.07. The van der Waals surface area contributed by atoms with Crippen molar-refractivity contribution in [2.75, 3.05) is 31.6 Å². The average molecular weight is 255 g/mol. The van der Waals surface area contributed by atoms with E-state index in [1.807, 2.05) is 36.5 Å². The van der Waals surface area contributed by atoms with Gasteiger partial charge < -0.3 is 10.7 Å². The topological polar surface area (TPSA) is 53.1 Å². The van der Waals surface area contributed by atoms with Gasteiger partial charge in [0, 0.05) is 44.1 Å². The quantitative estimate of drug-likeness (QED) is 0.867. The van der Waals surface area contributed by atoms with Crippen LogP contribution in [-0.2, 0) is 0 Å². The number of hydrogen-bond donors (Lipinski definition) is 2. The monoisotopic (exact) mass is 255 g/mol. The minimum atomic E-state index is 0.866. The molecule has 0 bridgehead atoms. The Morgan fingerprint density at radius 2 is 1.95 bits per heavy atom. The van der Waals surface area contributed by atoms with Gasteiger partial charge in [-0.05, 0) is 24.3 Å². The molecule has 5 nitrogen and oxygen atoms in total. The van der Waals surface area contributed by atoms with Gasteiger partial charge in [0.2, 0.25) is 0 Å². The van der Waals surface area contributed by atoms with Gasteiger partial charge in [-0.3, -0.25) is 4.98 Å². The van der Waals surface area contributed by atoms with E-state index in [2.05, 4.69) is 25.7 Å². The lowest BCUT2D eigenvalue weighted by Gasteiger charge is -2.28. The van der Waals surface area contributed by atoms with Crippen LogP contribution < -0.4 is 10.7 Å². The number of anilines is 1. The summed E-state index contributed by atoms with van der Waals surface area (Å²) in [4.78, 5) is 8.72. The molecule has 3 heterocycles. The zero-order chi connectivity index (χ0) is 12.9. The number of aromatic nitrogens is 2. The second-order valence-electron chi connectivity index (χ2n) is 4.49. The van der Waals surface area contributed by atoms with Gasteiger partial charge in [0.25, 0.3) is 0 Å². The lowest BCUT2D eigenvalue weighted by atomic mass is 10.2. The molecule has 98 valence electrons. The van der Waals surface area contributed by atoms with E-state index in [4.69, 9.17) is 0 Å². The highest BCUT2D eigenvalue weighted by Crippen LogP contribution is 2.18. The second kappa shape index (κ2) is 5.77. The molecule has 0 spiro atoms. The summed E-state index contributed by atoms with van der Waals surface area (Å²) in [5.74, 6) is 0.866. The van der Waals surface area contributed by atoms with Crippen molar-refractivity contribution in [2.24, 2.45) is 0 Å². The van der Waals surface area contributed by atoms with Crippen molar-refractivity contribution in [3.8, 4) is 11.3 Å². The van der Waals surface area contributed by atoms with Gasteiger partial charge >= 0.3 is 0 Å². The largest absolute Gasteiger partial charge is 0.314 e. The molecule has 0 amide bonds. The van der Waals surface area contributed by atoms with Crippen LogP contribution in [0.5, 0.6) is 0 Å². The third-order valence-corrected chi connectivity index (χ3v) is 3.11. The zero-order valence-corrected chi connectivity index (χ0v) is 10.7. The maximum atomic E-state index is 4.36. The Morgan fingerprint density at radius 1 is 1.05 bits per heavy atom.